The predicted octanol–water partition coefficient (Wildman–Crippen LogP) is 2.18. The zero-order chi connectivity index (χ0) is 13.0. The number of para-hydroxylation sites is 2. The molecule has 0 aliphatic heterocycles. The highest BCUT2D eigenvalue weighted by atomic mass is 16.6. The van der Waals surface area contributed by atoms with Crippen molar-refractivity contribution in [3.05, 3.63) is 58.4 Å². The van der Waals surface area contributed by atoms with Gasteiger partial charge in [0.25, 0.3) is 0 Å². The van der Waals surface area contributed by atoms with Gasteiger partial charge in [-0.1, -0.05) is 12.1 Å². The Hall–Kier alpha value is -2.63. The lowest BCUT2D eigenvalue weighted by Gasteiger charge is -2.04. The smallest absolute Gasteiger partial charge is 0.310 e. The van der Waals surface area contributed by atoms with Crippen LogP contribution >= 0.6 is 0 Å². The third-order valence-corrected chi connectivity index (χ3v) is 2.32. The summed E-state index contributed by atoms with van der Waals surface area (Å²) in [6.07, 6.45) is 1.62. The number of rotatable bonds is 5. The maximum absolute atomic E-state index is 11.6. The second-order valence-electron chi connectivity index (χ2n) is 3.52. The van der Waals surface area contributed by atoms with Gasteiger partial charge in [-0.3, -0.25) is 14.9 Å². The first-order valence-electron chi connectivity index (χ1n) is 5.21. The SMILES string of the molecule is O=C(COc1ccccc1[N+](=O)[O-])c1ccc[nH]1. The lowest BCUT2D eigenvalue weighted by molar-refractivity contribution is -0.385. The van der Waals surface area contributed by atoms with E-state index in [0.717, 1.165) is 0 Å². The van der Waals surface area contributed by atoms with E-state index in [0.29, 0.717) is 5.69 Å². The summed E-state index contributed by atoms with van der Waals surface area (Å²) in [4.78, 5) is 24.6. The lowest BCUT2D eigenvalue weighted by Crippen LogP contribution is -2.12. The first-order chi connectivity index (χ1) is 8.68. The number of Topliss-reactive ketones (excluding diaryl/α,β-unsaturated/α-hetero) is 1. The van der Waals surface area contributed by atoms with Gasteiger partial charge >= 0.3 is 5.69 Å². The van der Waals surface area contributed by atoms with Crippen LogP contribution in [0.2, 0.25) is 0 Å². The topological polar surface area (TPSA) is 85.2 Å². The van der Waals surface area contributed by atoms with Gasteiger partial charge in [-0.25, -0.2) is 0 Å². The second-order valence-corrected chi connectivity index (χ2v) is 3.52. The Morgan fingerprint density at radius 2 is 2.06 bits per heavy atom. The Kier molecular flexibility index (Phi) is 3.38. The molecule has 0 bridgehead atoms. The number of nitrogens with zero attached hydrogens (tertiary/aromatic N) is 1. The van der Waals surface area contributed by atoms with Crippen molar-refractivity contribution in [2.75, 3.05) is 6.61 Å². The van der Waals surface area contributed by atoms with Gasteiger partial charge in [0.2, 0.25) is 5.78 Å². The zero-order valence-electron chi connectivity index (χ0n) is 9.33. The molecule has 0 amide bonds. The second kappa shape index (κ2) is 5.13. The highest BCUT2D eigenvalue weighted by molar-refractivity contribution is 5.95. The van der Waals surface area contributed by atoms with Gasteiger partial charge in [-0.05, 0) is 18.2 Å². The van der Waals surface area contributed by atoms with Gasteiger partial charge < -0.3 is 9.72 Å². The summed E-state index contributed by atoms with van der Waals surface area (Å²) in [6, 6.07) is 9.25. The minimum Gasteiger partial charge on any atom is -0.478 e. The molecular weight excluding hydrogens is 236 g/mol. The molecule has 1 aromatic carbocycles. The fourth-order valence-electron chi connectivity index (χ4n) is 1.45. The van der Waals surface area contributed by atoms with Crippen LogP contribution in [0.25, 0.3) is 0 Å². The van der Waals surface area contributed by atoms with Gasteiger partial charge in [0.05, 0.1) is 10.6 Å². The van der Waals surface area contributed by atoms with E-state index in [-0.39, 0.29) is 23.8 Å². The van der Waals surface area contributed by atoms with Gasteiger partial charge in [-0.15, -0.1) is 0 Å². The third kappa shape index (κ3) is 2.54. The van der Waals surface area contributed by atoms with E-state index in [2.05, 4.69) is 4.98 Å². The standard InChI is InChI=1S/C12H10N2O4/c15-11(9-4-3-7-13-9)8-18-12-6-2-1-5-10(12)14(16)17/h1-7,13H,8H2. The van der Waals surface area contributed by atoms with Crippen LogP contribution in [0.4, 0.5) is 5.69 Å². The number of aromatic amines is 1. The van der Waals surface area contributed by atoms with Crippen LogP contribution in [0.15, 0.2) is 42.6 Å². The first-order valence-corrected chi connectivity index (χ1v) is 5.21. The molecule has 0 saturated heterocycles. The molecule has 0 aliphatic rings. The van der Waals surface area contributed by atoms with E-state index in [1.807, 2.05) is 0 Å². The Morgan fingerprint density at radius 3 is 2.72 bits per heavy atom. The maximum atomic E-state index is 11.6. The number of ketones is 1. The van der Waals surface area contributed by atoms with Crippen molar-refractivity contribution in [3.8, 4) is 5.75 Å². The Balaban J connectivity index is 2.07. The lowest BCUT2D eigenvalue weighted by atomic mass is 10.3. The van der Waals surface area contributed by atoms with Gasteiger partial charge in [0.15, 0.2) is 12.4 Å². The fraction of sp³-hybridized carbons (Fsp3) is 0.0833. The molecule has 0 aliphatic carbocycles. The normalized spacial score (nSPS) is 10.0. The Bertz CT molecular complexity index is 563. The maximum Gasteiger partial charge on any atom is 0.310 e. The van der Waals surface area contributed by atoms with E-state index in [4.69, 9.17) is 4.74 Å². The average Bonchev–Trinajstić information content (AvgIpc) is 2.90. The summed E-state index contributed by atoms with van der Waals surface area (Å²) in [5.41, 5.74) is 0.255. The van der Waals surface area contributed by atoms with Crippen molar-refractivity contribution >= 4 is 11.5 Å². The third-order valence-electron chi connectivity index (χ3n) is 2.32. The number of hydrogen-bond donors (Lipinski definition) is 1. The van der Waals surface area contributed by atoms with Crippen molar-refractivity contribution in [2.45, 2.75) is 0 Å². The van der Waals surface area contributed by atoms with Crippen molar-refractivity contribution in [1.29, 1.82) is 0 Å². The van der Waals surface area contributed by atoms with Crippen LogP contribution in [0.1, 0.15) is 10.5 Å². The van der Waals surface area contributed by atoms with E-state index >= 15 is 0 Å². The number of ether oxygens (including phenoxy) is 1. The molecule has 1 N–H and O–H groups in total. The van der Waals surface area contributed by atoms with Crippen molar-refractivity contribution in [2.24, 2.45) is 0 Å². The number of aromatic nitrogens is 1. The number of hydrogen-bond acceptors (Lipinski definition) is 4. The molecule has 2 rings (SSSR count). The van der Waals surface area contributed by atoms with Gasteiger partial charge in [-0.2, -0.15) is 0 Å². The highest BCUT2D eigenvalue weighted by Gasteiger charge is 2.15. The number of nitro benzene ring substituents is 1. The average molecular weight is 246 g/mol. The molecule has 18 heavy (non-hydrogen) atoms. The summed E-state index contributed by atoms with van der Waals surface area (Å²) in [7, 11) is 0. The Morgan fingerprint density at radius 1 is 1.28 bits per heavy atom. The van der Waals surface area contributed by atoms with Crippen LogP contribution in [0, 0.1) is 10.1 Å². The molecule has 0 atom stereocenters. The summed E-state index contributed by atoms with van der Waals surface area (Å²) in [5.74, 6) is -0.180. The molecule has 0 saturated carbocycles. The van der Waals surface area contributed by atoms with E-state index < -0.39 is 4.92 Å². The fourth-order valence-corrected chi connectivity index (χ4v) is 1.45. The molecule has 6 heteroatoms. The summed E-state index contributed by atoms with van der Waals surface area (Å²) >= 11 is 0. The van der Waals surface area contributed by atoms with Crippen LogP contribution in [-0.2, 0) is 0 Å². The predicted molar refractivity (Wildman–Crippen MR) is 63.7 cm³/mol. The van der Waals surface area contributed by atoms with Crippen LogP contribution in [0.3, 0.4) is 0 Å². The number of H-pyrrole nitrogens is 1. The molecule has 6 nitrogen and oxygen atoms in total. The number of nitro groups is 1. The highest BCUT2D eigenvalue weighted by Crippen LogP contribution is 2.25. The molecule has 92 valence electrons. The summed E-state index contributed by atoms with van der Waals surface area (Å²) in [6.45, 7) is -0.245. The van der Waals surface area contributed by atoms with Crippen molar-refractivity contribution in [3.63, 3.8) is 0 Å². The molecule has 0 unspecified atom stereocenters. The van der Waals surface area contributed by atoms with Crippen LogP contribution < -0.4 is 4.74 Å². The monoisotopic (exact) mass is 246 g/mol. The van der Waals surface area contributed by atoms with E-state index in [9.17, 15) is 14.9 Å². The van der Waals surface area contributed by atoms with Crippen molar-refractivity contribution in [1.82, 2.24) is 4.98 Å². The summed E-state index contributed by atoms with van der Waals surface area (Å²) in [5, 5.41) is 10.7. The quantitative estimate of drug-likeness (QED) is 0.497. The van der Waals surface area contributed by atoms with E-state index in [1.165, 1.54) is 18.2 Å². The molecule has 0 spiro atoms. The van der Waals surface area contributed by atoms with Crippen LogP contribution in [-0.4, -0.2) is 22.3 Å². The number of nitrogens with one attached hydrogen (secondary N) is 1. The van der Waals surface area contributed by atoms with Crippen molar-refractivity contribution < 1.29 is 14.5 Å². The summed E-state index contributed by atoms with van der Waals surface area (Å²) < 4.78 is 5.17. The zero-order valence-corrected chi connectivity index (χ0v) is 9.33. The largest absolute Gasteiger partial charge is 0.478 e. The van der Waals surface area contributed by atoms with Gasteiger partial charge in [0, 0.05) is 12.3 Å². The minimum absolute atomic E-state index is 0.0856. The number of benzene rings is 1. The Labute approximate surface area is 102 Å². The number of carbonyl (C=O) groups is 1. The molecule has 1 heterocycles. The first kappa shape index (κ1) is 11.8. The minimum atomic E-state index is -0.547. The van der Waals surface area contributed by atoms with Gasteiger partial charge in [0.1, 0.15) is 0 Å². The molecule has 0 fully saturated rings. The number of carbonyl (C=O) groups excluding carboxylic acids is 1. The molecular formula is C12H10N2O4. The molecule has 2 aromatic rings. The molecule has 1 aromatic heterocycles. The van der Waals surface area contributed by atoms with E-state index in [1.54, 1.807) is 24.4 Å². The molecule has 0 radical (unpaired) electrons. The van der Waals surface area contributed by atoms with Crippen LogP contribution in [0.5, 0.6) is 5.75 Å².